The molecule has 0 radical (unpaired) electrons. The second kappa shape index (κ2) is 8.37. The third-order valence-electron chi connectivity index (χ3n) is 4.85. The van der Waals surface area contributed by atoms with Gasteiger partial charge in [-0.05, 0) is 36.6 Å². The van der Waals surface area contributed by atoms with Gasteiger partial charge in [0.25, 0.3) is 15.7 Å². The Morgan fingerprint density at radius 1 is 0.968 bits per heavy atom. The van der Waals surface area contributed by atoms with E-state index in [1.54, 1.807) is 12.1 Å². The molecule has 0 bridgehead atoms. The molecule has 1 aliphatic rings. The molecule has 0 spiro atoms. The van der Waals surface area contributed by atoms with Gasteiger partial charge in [0.2, 0.25) is 0 Å². The summed E-state index contributed by atoms with van der Waals surface area (Å²) in [4.78, 5) is 10.3. The van der Waals surface area contributed by atoms with E-state index in [2.05, 4.69) is 15.2 Å². The second-order valence-electron chi connectivity index (χ2n) is 6.85. The van der Waals surface area contributed by atoms with Gasteiger partial charge in [0, 0.05) is 17.7 Å². The number of non-ortho nitro benzene ring substituents is 1. The number of nitrogens with zero attached hydrogens (tertiary/aromatic N) is 2. The Morgan fingerprint density at radius 2 is 1.71 bits per heavy atom. The maximum atomic E-state index is 13.1. The lowest BCUT2D eigenvalue weighted by Gasteiger charge is -2.13. The van der Waals surface area contributed by atoms with Crippen LogP contribution in [-0.4, -0.2) is 19.1 Å². The number of anilines is 2. The van der Waals surface area contributed by atoms with Gasteiger partial charge in [0.15, 0.2) is 0 Å². The highest BCUT2D eigenvalue weighted by Crippen LogP contribution is 2.31. The smallest absolute Gasteiger partial charge is 0.270 e. The number of halogens is 1. The topological polar surface area (TPSA) is 114 Å². The second-order valence-corrected chi connectivity index (χ2v) is 8.91. The summed E-state index contributed by atoms with van der Waals surface area (Å²) in [7, 11) is -4.20. The first kappa shape index (κ1) is 20.8. The summed E-state index contributed by atoms with van der Waals surface area (Å²) in [6.07, 6.45) is 1.55. The highest BCUT2D eigenvalue weighted by atomic mass is 35.5. The summed E-state index contributed by atoms with van der Waals surface area (Å²) in [5.74, 6) is 0. The van der Waals surface area contributed by atoms with Crippen molar-refractivity contribution in [2.24, 2.45) is 5.10 Å². The minimum absolute atomic E-state index is 0.113. The van der Waals surface area contributed by atoms with E-state index in [-0.39, 0.29) is 27.0 Å². The number of sulfonamides is 1. The fraction of sp³-hybridized carbons (Fsp3) is 0.0952. The maximum absolute atomic E-state index is 13.1. The van der Waals surface area contributed by atoms with Crippen LogP contribution in [0.4, 0.5) is 17.1 Å². The molecule has 0 aromatic heterocycles. The molecule has 31 heavy (non-hydrogen) atoms. The number of fused-ring (bicyclic) bond motifs is 1. The lowest BCUT2D eigenvalue weighted by Crippen LogP contribution is -2.15. The van der Waals surface area contributed by atoms with Crippen molar-refractivity contribution in [1.29, 1.82) is 0 Å². The quantitative estimate of drug-likeness (QED) is 0.408. The van der Waals surface area contributed by atoms with E-state index < -0.39 is 14.9 Å². The van der Waals surface area contributed by atoms with Gasteiger partial charge in [-0.2, -0.15) is 5.10 Å². The van der Waals surface area contributed by atoms with Crippen LogP contribution in [0, 0.1) is 10.1 Å². The molecule has 158 valence electrons. The fourth-order valence-corrected chi connectivity index (χ4v) is 4.83. The number of benzene rings is 3. The molecular formula is C21H17ClN4O4S. The Labute approximate surface area is 183 Å². The SMILES string of the molecule is O=[N+]([O-])c1ccc(NN=C2CCc3ccccc32)c(S(=O)(=O)Nc2ccccc2Cl)c1. The van der Waals surface area contributed by atoms with Gasteiger partial charge >= 0.3 is 0 Å². The third kappa shape index (κ3) is 4.37. The average molecular weight is 457 g/mol. The summed E-state index contributed by atoms with van der Waals surface area (Å²) in [5, 5.41) is 15.8. The van der Waals surface area contributed by atoms with E-state index in [1.165, 1.54) is 29.8 Å². The van der Waals surface area contributed by atoms with Gasteiger partial charge in [-0.25, -0.2) is 8.42 Å². The average Bonchev–Trinajstić information content (AvgIpc) is 3.17. The number of hydrazone groups is 1. The van der Waals surface area contributed by atoms with Gasteiger partial charge in [-0.15, -0.1) is 0 Å². The molecule has 0 amide bonds. The van der Waals surface area contributed by atoms with E-state index >= 15 is 0 Å². The molecule has 0 aliphatic heterocycles. The lowest BCUT2D eigenvalue weighted by molar-refractivity contribution is -0.385. The molecule has 0 atom stereocenters. The van der Waals surface area contributed by atoms with Gasteiger partial charge < -0.3 is 0 Å². The number of aryl methyl sites for hydroxylation is 1. The summed E-state index contributed by atoms with van der Waals surface area (Å²) < 4.78 is 28.5. The van der Waals surface area contributed by atoms with E-state index in [0.717, 1.165) is 23.8 Å². The molecule has 2 N–H and O–H groups in total. The van der Waals surface area contributed by atoms with Crippen molar-refractivity contribution in [3.05, 3.63) is 93.0 Å². The van der Waals surface area contributed by atoms with E-state index in [4.69, 9.17) is 11.6 Å². The van der Waals surface area contributed by atoms with Crippen LogP contribution in [0.15, 0.2) is 76.7 Å². The van der Waals surface area contributed by atoms with E-state index in [9.17, 15) is 18.5 Å². The van der Waals surface area contributed by atoms with Gasteiger partial charge in [-0.3, -0.25) is 20.3 Å². The number of nitrogens with one attached hydrogen (secondary N) is 2. The molecule has 0 saturated heterocycles. The maximum Gasteiger partial charge on any atom is 0.270 e. The predicted molar refractivity (Wildman–Crippen MR) is 120 cm³/mol. The number of para-hydroxylation sites is 1. The summed E-state index contributed by atoms with van der Waals surface area (Å²) >= 11 is 6.06. The lowest BCUT2D eigenvalue weighted by atomic mass is 10.1. The van der Waals surface area contributed by atoms with Gasteiger partial charge in [0.1, 0.15) is 4.90 Å². The number of hydrogen-bond acceptors (Lipinski definition) is 6. The molecule has 10 heteroatoms. The van der Waals surface area contributed by atoms with Crippen LogP contribution in [0.3, 0.4) is 0 Å². The zero-order valence-corrected chi connectivity index (χ0v) is 17.7. The number of nitro groups is 1. The predicted octanol–water partition coefficient (Wildman–Crippen LogP) is 4.81. The van der Waals surface area contributed by atoms with E-state index in [1.807, 2.05) is 24.3 Å². The zero-order valence-electron chi connectivity index (χ0n) is 16.1. The summed E-state index contributed by atoms with van der Waals surface area (Å²) in [6.45, 7) is 0. The molecular weight excluding hydrogens is 440 g/mol. The van der Waals surface area contributed by atoms with Crippen LogP contribution in [0.25, 0.3) is 0 Å². The monoisotopic (exact) mass is 456 g/mol. The van der Waals surface area contributed by atoms with Crippen LogP contribution in [0.2, 0.25) is 5.02 Å². The van der Waals surface area contributed by atoms with Crippen LogP contribution < -0.4 is 10.1 Å². The highest BCUT2D eigenvalue weighted by Gasteiger charge is 2.24. The first-order valence-electron chi connectivity index (χ1n) is 9.32. The van der Waals surface area contributed by atoms with Gasteiger partial charge in [-0.1, -0.05) is 48.0 Å². The molecule has 0 heterocycles. The van der Waals surface area contributed by atoms with Crippen LogP contribution in [-0.2, 0) is 16.4 Å². The van der Waals surface area contributed by atoms with Crippen LogP contribution >= 0.6 is 11.6 Å². The van der Waals surface area contributed by atoms with Crippen molar-refractivity contribution in [3.8, 4) is 0 Å². The molecule has 1 aliphatic carbocycles. The van der Waals surface area contributed by atoms with Crippen LogP contribution in [0.5, 0.6) is 0 Å². The molecule has 0 saturated carbocycles. The Bertz CT molecular complexity index is 1310. The zero-order chi connectivity index (χ0) is 22.0. The first-order chi connectivity index (χ1) is 14.8. The van der Waals surface area contributed by atoms with Crippen molar-refractivity contribution >= 4 is 44.4 Å². The summed E-state index contributed by atoms with van der Waals surface area (Å²) in [5.41, 5.74) is 5.65. The van der Waals surface area contributed by atoms with E-state index in [0.29, 0.717) is 6.42 Å². The number of hydrogen-bond donors (Lipinski definition) is 2. The molecule has 4 rings (SSSR count). The standard InChI is InChI=1S/C21H17ClN4O4S/c22-17-7-3-4-8-19(17)25-31(29,30)21-13-15(26(27)28)10-12-20(21)24-23-18-11-9-14-5-1-2-6-16(14)18/h1-8,10,12-13,24-25H,9,11H2. The minimum atomic E-state index is -4.20. The molecule has 0 fully saturated rings. The van der Waals surface area contributed by atoms with Crippen molar-refractivity contribution in [2.45, 2.75) is 17.7 Å². The number of rotatable bonds is 6. The van der Waals surface area contributed by atoms with Gasteiger partial charge in [0.05, 0.1) is 27.0 Å². The van der Waals surface area contributed by atoms with Crippen molar-refractivity contribution in [3.63, 3.8) is 0 Å². The molecule has 3 aromatic carbocycles. The minimum Gasteiger partial charge on any atom is -0.278 e. The Morgan fingerprint density at radius 3 is 2.48 bits per heavy atom. The molecule has 8 nitrogen and oxygen atoms in total. The Hall–Kier alpha value is -3.43. The van der Waals surface area contributed by atoms with Crippen molar-refractivity contribution < 1.29 is 13.3 Å². The first-order valence-corrected chi connectivity index (χ1v) is 11.2. The highest BCUT2D eigenvalue weighted by molar-refractivity contribution is 7.93. The van der Waals surface area contributed by atoms with Crippen LogP contribution in [0.1, 0.15) is 17.5 Å². The number of nitro benzene ring substituents is 1. The third-order valence-corrected chi connectivity index (χ3v) is 6.59. The Kier molecular flexibility index (Phi) is 5.62. The van der Waals surface area contributed by atoms with Crippen molar-refractivity contribution in [1.82, 2.24) is 0 Å². The molecule has 3 aromatic rings. The molecule has 0 unspecified atom stereocenters. The van der Waals surface area contributed by atoms with Crippen molar-refractivity contribution in [2.75, 3.05) is 10.1 Å². The Balaban J connectivity index is 1.71. The normalized spacial score (nSPS) is 14.3. The largest absolute Gasteiger partial charge is 0.278 e. The fourth-order valence-electron chi connectivity index (χ4n) is 3.33. The summed E-state index contributed by atoms with van der Waals surface area (Å²) in [6, 6.07) is 17.7.